The van der Waals surface area contributed by atoms with Crippen LogP contribution >= 0.6 is 0 Å². The number of unbranched alkanes of at least 4 members (excludes halogenated alkanes) is 1. The predicted molar refractivity (Wildman–Crippen MR) is 59.6 cm³/mol. The van der Waals surface area contributed by atoms with Crippen LogP contribution in [0.4, 0.5) is 0 Å². The molecule has 2 heteroatoms. The summed E-state index contributed by atoms with van der Waals surface area (Å²) in [7, 11) is 0. The standard InChI is InChI=1S/C12H19NO/c1-2-13-9-4-3-6-11-7-5-8-12(14)10-11/h5,7-8,10,13-14H,2-4,6,9H2,1H3. The summed E-state index contributed by atoms with van der Waals surface area (Å²) in [6.45, 7) is 4.26. The van der Waals surface area contributed by atoms with Gasteiger partial charge in [-0.15, -0.1) is 0 Å². The van der Waals surface area contributed by atoms with Gasteiger partial charge in [0.05, 0.1) is 0 Å². The first-order valence-electron chi connectivity index (χ1n) is 5.31. The molecule has 0 saturated heterocycles. The van der Waals surface area contributed by atoms with Gasteiger partial charge in [-0.3, -0.25) is 0 Å². The highest BCUT2D eigenvalue weighted by atomic mass is 16.3. The van der Waals surface area contributed by atoms with Crippen molar-refractivity contribution in [3.63, 3.8) is 0 Å². The van der Waals surface area contributed by atoms with Crippen molar-refractivity contribution in [1.82, 2.24) is 5.32 Å². The molecule has 0 heterocycles. The van der Waals surface area contributed by atoms with E-state index < -0.39 is 0 Å². The molecular formula is C12H19NO. The first-order chi connectivity index (χ1) is 6.83. The van der Waals surface area contributed by atoms with Gasteiger partial charge in [-0.1, -0.05) is 19.1 Å². The molecular weight excluding hydrogens is 174 g/mol. The zero-order valence-corrected chi connectivity index (χ0v) is 8.79. The molecule has 0 aliphatic rings. The minimum Gasteiger partial charge on any atom is -0.508 e. The number of nitrogens with one attached hydrogen (secondary N) is 1. The lowest BCUT2D eigenvalue weighted by Gasteiger charge is -2.02. The van der Waals surface area contributed by atoms with Crippen LogP contribution in [0.1, 0.15) is 25.3 Å². The quantitative estimate of drug-likeness (QED) is 0.680. The summed E-state index contributed by atoms with van der Waals surface area (Å²) in [4.78, 5) is 0. The Morgan fingerprint density at radius 1 is 1.29 bits per heavy atom. The first-order valence-corrected chi connectivity index (χ1v) is 5.31. The van der Waals surface area contributed by atoms with Crippen molar-refractivity contribution in [2.24, 2.45) is 0 Å². The van der Waals surface area contributed by atoms with E-state index in [1.165, 1.54) is 18.4 Å². The minimum absolute atomic E-state index is 0.370. The predicted octanol–water partition coefficient (Wildman–Crippen LogP) is 2.32. The zero-order valence-electron chi connectivity index (χ0n) is 8.79. The normalized spacial score (nSPS) is 10.4. The molecule has 0 aromatic heterocycles. The third kappa shape index (κ3) is 4.28. The molecule has 1 rings (SSSR count). The molecule has 1 aromatic carbocycles. The average Bonchev–Trinajstić information content (AvgIpc) is 2.18. The Labute approximate surface area is 86.0 Å². The van der Waals surface area contributed by atoms with Crippen LogP contribution in [0.2, 0.25) is 0 Å². The van der Waals surface area contributed by atoms with E-state index in [2.05, 4.69) is 18.3 Å². The fourth-order valence-corrected chi connectivity index (χ4v) is 1.47. The van der Waals surface area contributed by atoms with E-state index in [0.717, 1.165) is 19.5 Å². The van der Waals surface area contributed by atoms with Crippen LogP contribution in [0.25, 0.3) is 0 Å². The molecule has 1 aromatic rings. The van der Waals surface area contributed by atoms with Crippen molar-refractivity contribution >= 4 is 0 Å². The molecule has 0 saturated carbocycles. The molecule has 0 fully saturated rings. The number of aryl methyl sites for hydroxylation is 1. The Hall–Kier alpha value is -1.02. The third-order valence-corrected chi connectivity index (χ3v) is 2.23. The maximum absolute atomic E-state index is 9.24. The van der Waals surface area contributed by atoms with Crippen LogP contribution < -0.4 is 5.32 Å². The van der Waals surface area contributed by atoms with Crippen molar-refractivity contribution in [2.75, 3.05) is 13.1 Å². The molecule has 78 valence electrons. The molecule has 14 heavy (non-hydrogen) atoms. The monoisotopic (exact) mass is 193 g/mol. The highest BCUT2D eigenvalue weighted by molar-refractivity contribution is 5.27. The summed E-state index contributed by atoms with van der Waals surface area (Å²) < 4.78 is 0. The summed E-state index contributed by atoms with van der Waals surface area (Å²) in [6, 6.07) is 7.51. The average molecular weight is 193 g/mol. The minimum atomic E-state index is 0.370. The topological polar surface area (TPSA) is 32.3 Å². The van der Waals surface area contributed by atoms with Gasteiger partial charge in [-0.05, 0) is 50.0 Å². The number of rotatable bonds is 6. The molecule has 0 atom stereocenters. The van der Waals surface area contributed by atoms with Crippen LogP contribution in [0, 0.1) is 0 Å². The fourth-order valence-electron chi connectivity index (χ4n) is 1.47. The Kier molecular flexibility index (Phi) is 5.08. The van der Waals surface area contributed by atoms with E-state index in [0.29, 0.717) is 5.75 Å². The maximum atomic E-state index is 9.24. The van der Waals surface area contributed by atoms with Crippen molar-refractivity contribution < 1.29 is 5.11 Å². The van der Waals surface area contributed by atoms with Crippen LogP contribution in [-0.4, -0.2) is 18.2 Å². The highest BCUT2D eigenvalue weighted by Gasteiger charge is 1.94. The Bertz CT molecular complexity index is 260. The Balaban J connectivity index is 2.18. The number of phenolic OH excluding ortho intramolecular Hbond substituents is 1. The Morgan fingerprint density at radius 3 is 2.86 bits per heavy atom. The molecule has 0 bridgehead atoms. The summed E-state index contributed by atoms with van der Waals surface area (Å²) >= 11 is 0. The van der Waals surface area contributed by atoms with Crippen LogP contribution in [0.5, 0.6) is 5.75 Å². The van der Waals surface area contributed by atoms with Gasteiger partial charge in [-0.25, -0.2) is 0 Å². The van der Waals surface area contributed by atoms with Crippen molar-refractivity contribution in [2.45, 2.75) is 26.2 Å². The number of hydrogen-bond donors (Lipinski definition) is 2. The smallest absolute Gasteiger partial charge is 0.115 e. The van der Waals surface area contributed by atoms with E-state index in [4.69, 9.17) is 0 Å². The molecule has 0 radical (unpaired) electrons. The van der Waals surface area contributed by atoms with Gasteiger partial charge in [0.25, 0.3) is 0 Å². The lowest BCUT2D eigenvalue weighted by atomic mass is 10.1. The summed E-state index contributed by atoms with van der Waals surface area (Å²) in [5, 5.41) is 12.5. The zero-order chi connectivity index (χ0) is 10.2. The van der Waals surface area contributed by atoms with Gasteiger partial charge in [0.2, 0.25) is 0 Å². The second-order valence-corrected chi connectivity index (χ2v) is 3.48. The first kappa shape index (κ1) is 11.1. The van der Waals surface area contributed by atoms with E-state index in [9.17, 15) is 5.11 Å². The third-order valence-electron chi connectivity index (χ3n) is 2.23. The van der Waals surface area contributed by atoms with E-state index in [-0.39, 0.29) is 0 Å². The molecule has 0 aliphatic carbocycles. The van der Waals surface area contributed by atoms with E-state index in [1.54, 1.807) is 6.07 Å². The van der Waals surface area contributed by atoms with Crippen LogP contribution in [-0.2, 0) is 6.42 Å². The number of hydrogen-bond acceptors (Lipinski definition) is 2. The maximum Gasteiger partial charge on any atom is 0.115 e. The van der Waals surface area contributed by atoms with Crippen molar-refractivity contribution in [3.8, 4) is 5.75 Å². The molecule has 0 spiro atoms. The van der Waals surface area contributed by atoms with Crippen LogP contribution in [0.3, 0.4) is 0 Å². The number of phenols is 1. The second kappa shape index (κ2) is 6.44. The number of aromatic hydroxyl groups is 1. The van der Waals surface area contributed by atoms with Gasteiger partial charge in [-0.2, -0.15) is 0 Å². The summed E-state index contributed by atoms with van der Waals surface area (Å²) in [5.41, 5.74) is 1.22. The lowest BCUT2D eigenvalue weighted by molar-refractivity contribution is 0.474. The summed E-state index contributed by atoms with van der Waals surface area (Å²) in [6.07, 6.45) is 3.43. The lowest BCUT2D eigenvalue weighted by Crippen LogP contribution is -2.13. The van der Waals surface area contributed by atoms with Gasteiger partial charge in [0, 0.05) is 0 Å². The second-order valence-electron chi connectivity index (χ2n) is 3.48. The molecule has 0 unspecified atom stereocenters. The van der Waals surface area contributed by atoms with E-state index in [1.807, 2.05) is 12.1 Å². The number of benzene rings is 1. The summed E-state index contributed by atoms with van der Waals surface area (Å²) in [5.74, 6) is 0.370. The molecule has 0 amide bonds. The molecule has 2 N–H and O–H groups in total. The highest BCUT2D eigenvalue weighted by Crippen LogP contribution is 2.12. The van der Waals surface area contributed by atoms with Gasteiger partial charge in [0.1, 0.15) is 5.75 Å². The van der Waals surface area contributed by atoms with Gasteiger partial charge >= 0.3 is 0 Å². The van der Waals surface area contributed by atoms with Crippen molar-refractivity contribution in [1.29, 1.82) is 0 Å². The Morgan fingerprint density at radius 2 is 2.14 bits per heavy atom. The molecule has 0 aliphatic heterocycles. The fraction of sp³-hybridized carbons (Fsp3) is 0.500. The SMILES string of the molecule is CCNCCCCc1cccc(O)c1. The van der Waals surface area contributed by atoms with E-state index >= 15 is 0 Å². The largest absolute Gasteiger partial charge is 0.508 e. The van der Waals surface area contributed by atoms with Gasteiger partial charge < -0.3 is 10.4 Å². The van der Waals surface area contributed by atoms with Crippen LogP contribution in [0.15, 0.2) is 24.3 Å². The van der Waals surface area contributed by atoms with Gasteiger partial charge in [0.15, 0.2) is 0 Å². The van der Waals surface area contributed by atoms with Crippen molar-refractivity contribution in [3.05, 3.63) is 29.8 Å². The molecule has 2 nitrogen and oxygen atoms in total.